The molecule has 2 N–H and O–H groups in total. The molecule has 0 amide bonds. The van der Waals surface area contributed by atoms with Gasteiger partial charge in [0.15, 0.2) is 0 Å². The van der Waals surface area contributed by atoms with Gasteiger partial charge in [-0.2, -0.15) is 0 Å². The first-order valence-electron chi connectivity index (χ1n) is 7.86. The van der Waals surface area contributed by atoms with Gasteiger partial charge in [-0.1, -0.05) is 23.6 Å². The zero-order chi connectivity index (χ0) is 15.7. The number of rotatable bonds is 4. The van der Waals surface area contributed by atoms with Crippen LogP contribution in [0.5, 0.6) is 0 Å². The maximum absolute atomic E-state index is 12.4. The second-order valence-corrected chi connectivity index (χ2v) is 8.30. The molecule has 0 saturated carbocycles. The first-order valence-corrected chi connectivity index (χ1v) is 9.35. The van der Waals surface area contributed by atoms with E-state index >= 15 is 0 Å². The van der Waals surface area contributed by atoms with Crippen LogP contribution in [-0.2, 0) is 10.0 Å². The number of hydrogen-bond acceptors (Lipinski definition) is 2. The zero-order valence-corrected chi connectivity index (χ0v) is 13.7. The molecule has 3 fully saturated rings. The Kier molecular flexibility index (Phi) is 4.26. The van der Waals surface area contributed by atoms with E-state index in [-0.39, 0.29) is 0 Å². The number of sulfonamides is 1. The molecule has 3 aliphatic rings. The normalized spacial score (nSPS) is 30.9. The van der Waals surface area contributed by atoms with E-state index in [1.165, 1.54) is 11.3 Å². The third kappa shape index (κ3) is 3.05. The van der Waals surface area contributed by atoms with Crippen LogP contribution in [0.25, 0.3) is 0 Å². The van der Waals surface area contributed by atoms with Crippen molar-refractivity contribution < 1.29 is 13.3 Å². The van der Waals surface area contributed by atoms with Gasteiger partial charge in [0, 0.05) is 12.8 Å². The van der Waals surface area contributed by atoms with Crippen LogP contribution < -0.4 is 9.62 Å². The number of terminal acetylenes is 1. The molecule has 22 heavy (non-hydrogen) atoms. The molecule has 0 aliphatic carbocycles. The molecule has 3 heterocycles. The highest BCUT2D eigenvalue weighted by molar-refractivity contribution is 7.89. The Morgan fingerprint density at radius 2 is 2.09 bits per heavy atom. The van der Waals surface area contributed by atoms with E-state index in [0.717, 1.165) is 25.1 Å². The van der Waals surface area contributed by atoms with E-state index in [1.807, 2.05) is 19.1 Å². The number of piperidine rings is 3. The van der Waals surface area contributed by atoms with Gasteiger partial charge in [-0.15, -0.1) is 6.42 Å². The Morgan fingerprint density at radius 1 is 1.36 bits per heavy atom. The van der Waals surface area contributed by atoms with Gasteiger partial charge in [0.05, 0.1) is 30.4 Å². The number of aryl methyl sites for hydroxylation is 1. The molecular weight excluding hydrogens is 296 g/mol. The fourth-order valence-corrected chi connectivity index (χ4v) is 4.82. The van der Waals surface area contributed by atoms with Crippen molar-refractivity contribution >= 4 is 10.0 Å². The smallest absolute Gasteiger partial charge is 0.240 e. The monoisotopic (exact) mass is 319 g/mol. The fraction of sp³-hybridized carbons (Fsp3) is 0.529. The summed E-state index contributed by atoms with van der Waals surface area (Å²) in [6, 6.07) is 7.31. The number of fused-ring (bicyclic) bond motifs is 3. The first-order chi connectivity index (χ1) is 10.5. The Labute approximate surface area is 133 Å². The van der Waals surface area contributed by atoms with Crippen LogP contribution in [0.3, 0.4) is 0 Å². The highest BCUT2D eigenvalue weighted by atomic mass is 32.2. The van der Waals surface area contributed by atoms with Crippen LogP contribution >= 0.6 is 0 Å². The third-order valence-corrected chi connectivity index (χ3v) is 6.56. The van der Waals surface area contributed by atoms with Gasteiger partial charge in [-0.25, -0.2) is 13.1 Å². The molecule has 4 nitrogen and oxygen atoms in total. The molecule has 5 heteroatoms. The molecule has 3 saturated heterocycles. The summed E-state index contributed by atoms with van der Waals surface area (Å²) >= 11 is 0. The predicted octanol–water partition coefficient (Wildman–Crippen LogP) is 0.200. The number of quaternary nitrogens is 1. The SMILES string of the molecule is C#C[C@H]1C[NH+]2CC[C@H]1C[C@@H]2CNS(=O)(=O)c1ccc(C)cc1. The van der Waals surface area contributed by atoms with Gasteiger partial charge < -0.3 is 4.90 Å². The summed E-state index contributed by atoms with van der Waals surface area (Å²) in [5, 5.41) is 0. The van der Waals surface area contributed by atoms with E-state index in [1.54, 1.807) is 12.1 Å². The minimum Gasteiger partial charge on any atom is -0.330 e. The molecule has 118 valence electrons. The summed E-state index contributed by atoms with van der Waals surface area (Å²) in [5.41, 5.74) is 1.06. The summed E-state index contributed by atoms with van der Waals surface area (Å²) in [6.45, 7) is 4.54. The van der Waals surface area contributed by atoms with Crippen molar-refractivity contribution in [3.8, 4) is 12.3 Å². The fourth-order valence-electron chi connectivity index (χ4n) is 3.74. The quantitative estimate of drug-likeness (QED) is 0.779. The van der Waals surface area contributed by atoms with Crippen LogP contribution in [0, 0.1) is 31.1 Å². The van der Waals surface area contributed by atoms with Crippen LogP contribution in [-0.4, -0.2) is 34.1 Å². The zero-order valence-electron chi connectivity index (χ0n) is 12.9. The molecule has 0 spiro atoms. The van der Waals surface area contributed by atoms with Gasteiger partial charge in [0.2, 0.25) is 10.0 Å². The highest BCUT2D eigenvalue weighted by Crippen LogP contribution is 2.26. The molecule has 4 rings (SSSR count). The van der Waals surface area contributed by atoms with E-state index in [4.69, 9.17) is 6.42 Å². The maximum Gasteiger partial charge on any atom is 0.240 e. The maximum atomic E-state index is 12.4. The van der Waals surface area contributed by atoms with E-state index < -0.39 is 10.0 Å². The molecule has 1 aromatic rings. The minimum absolute atomic E-state index is 0.338. The van der Waals surface area contributed by atoms with E-state index in [9.17, 15) is 8.42 Å². The minimum atomic E-state index is -3.42. The lowest BCUT2D eigenvalue weighted by molar-refractivity contribution is -0.943. The van der Waals surface area contributed by atoms with Crippen molar-refractivity contribution in [3.05, 3.63) is 29.8 Å². The van der Waals surface area contributed by atoms with Gasteiger partial charge in [0.1, 0.15) is 6.04 Å². The number of nitrogens with one attached hydrogen (secondary N) is 2. The molecule has 1 aromatic carbocycles. The van der Waals surface area contributed by atoms with Crippen molar-refractivity contribution in [3.63, 3.8) is 0 Å². The van der Waals surface area contributed by atoms with Crippen molar-refractivity contribution in [1.82, 2.24) is 4.72 Å². The predicted molar refractivity (Wildman–Crippen MR) is 85.9 cm³/mol. The van der Waals surface area contributed by atoms with Crippen LogP contribution in [0.2, 0.25) is 0 Å². The van der Waals surface area contributed by atoms with Crippen molar-refractivity contribution in [2.24, 2.45) is 11.8 Å². The Balaban J connectivity index is 1.63. The standard InChI is InChI=1S/C17H22N2O2S/c1-3-14-12-19-9-8-15(14)10-16(19)11-18-22(20,21)17-6-4-13(2)5-7-17/h1,4-7,14-16,18H,8-12H2,2H3/p+1/t14-,15-,16+/m0/s1. The average molecular weight is 319 g/mol. The topological polar surface area (TPSA) is 50.6 Å². The Hall–Kier alpha value is -1.35. The van der Waals surface area contributed by atoms with Crippen molar-refractivity contribution in [2.75, 3.05) is 19.6 Å². The second kappa shape index (κ2) is 6.04. The first kappa shape index (κ1) is 15.5. The molecule has 4 atom stereocenters. The number of benzene rings is 1. The molecular formula is C17H23N2O2S+. The van der Waals surface area contributed by atoms with Crippen molar-refractivity contribution in [1.29, 1.82) is 0 Å². The molecule has 0 aromatic heterocycles. The second-order valence-electron chi connectivity index (χ2n) is 6.53. The molecule has 2 bridgehead atoms. The highest BCUT2D eigenvalue weighted by Gasteiger charge is 2.42. The Bertz CT molecular complexity index is 676. The largest absolute Gasteiger partial charge is 0.330 e. The average Bonchev–Trinajstić information content (AvgIpc) is 2.54. The summed E-state index contributed by atoms with van der Waals surface area (Å²) < 4.78 is 27.5. The lowest BCUT2D eigenvalue weighted by Crippen LogP contribution is -3.20. The lowest BCUT2D eigenvalue weighted by Gasteiger charge is -2.45. The Morgan fingerprint density at radius 3 is 2.68 bits per heavy atom. The molecule has 1 unspecified atom stereocenters. The summed E-state index contributed by atoms with van der Waals surface area (Å²) in [7, 11) is -3.42. The van der Waals surface area contributed by atoms with E-state index in [0.29, 0.717) is 29.3 Å². The van der Waals surface area contributed by atoms with Crippen LogP contribution in [0.4, 0.5) is 0 Å². The number of hydrogen-bond donors (Lipinski definition) is 2. The van der Waals surface area contributed by atoms with Crippen LogP contribution in [0.15, 0.2) is 29.2 Å². The summed E-state index contributed by atoms with van der Waals surface area (Å²) in [6.07, 6.45) is 7.79. The van der Waals surface area contributed by atoms with Gasteiger partial charge in [-0.3, -0.25) is 0 Å². The van der Waals surface area contributed by atoms with Crippen LogP contribution in [0.1, 0.15) is 18.4 Å². The van der Waals surface area contributed by atoms with Gasteiger partial charge in [0.25, 0.3) is 0 Å². The summed E-state index contributed by atoms with van der Waals surface area (Å²) in [4.78, 5) is 1.79. The van der Waals surface area contributed by atoms with Gasteiger partial charge in [-0.05, 0) is 25.0 Å². The molecule has 3 aliphatic heterocycles. The van der Waals surface area contributed by atoms with Gasteiger partial charge >= 0.3 is 0 Å². The third-order valence-electron chi connectivity index (χ3n) is 5.12. The lowest BCUT2D eigenvalue weighted by atomic mass is 9.76. The molecule has 0 radical (unpaired) electrons. The summed E-state index contributed by atoms with van der Waals surface area (Å²) in [5.74, 6) is 3.84. The van der Waals surface area contributed by atoms with Crippen molar-refractivity contribution in [2.45, 2.75) is 30.7 Å². The van der Waals surface area contributed by atoms with E-state index in [2.05, 4.69) is 10.6 Å².